The molecule has 3 heteroatoms. The van der Waals surface area contributed by atoms with Crippen LogP contribution in [-0.2, 0) is 6.54 Å². The van der Waals surface area contributed by atoms with Gasteiger partial charge in [-0.15, -0.1) is 0 Å². The van der Waals surface area contributed by atoms with Gasteiger partial charge in [0.25, 0.3) is 0 Å². The molecule has 1 aromatic heterocycles. The summed E-state index contributed by atoms with van der Waals surface area (Å²) in [6.07, 6.45) is 9.03. The molecule has 17 heavy (non-hydrogen) atoms. The van der Waals surface area contributed by atoms with Crippen LogP contribution in [0.2, 0.25) is 0 Å². The van der Waals surface area contributed by atoms with Crippen LogP contribution in [0.3, 0.4) is 0 Å². The number of nitrogens with one attached hydrogen (secondary N) is 1. The summed E-state index contributed by atoms with van der Waals surface area (Å²) in [6, 6.07) is 1.98. The summed E-state index contributed by atoms with van der Waals surface area (Å²) in [7, 11) is 1.94. The summed E-state index contributed by atoms with van der Waals surface area (Å²) in [6.45, 7) is 3.14. The van der Waals surface area contributed by atoms with Crippen molar-refractivity contribution >= 4 is 0 Å². The maximum absolute atomic E-state index is 6.11. The number of hydrogen-bond acceptors (Lipinski definition) is 3. The van der Waals surface area contributed by atoms with Gasteiger partial charge in [0.15, 0.2) is 0 Å². The summed E-state index contributed by atoms with van der Waals surface area (Å²) in [5.41, 5.74) is 1.15. The van der Waals surface area contributed by atoms with Crippen molar-refractivity contribution in [1.82, 2.24) is 10.3 Å². The van der Waals surface area contributed by atoms with E-state index in [-0.39, 0.29) is 0 Å². The van der Waals surface area contributed by atoms with Crippen molar-refractivity contribution in [2.75, 3.05) is 7.05 Å². The zero-order valence-electron chi connectivity index (χ0n) is 10.8. The first-order chi connectivity index (χ1) is 8.29. The van der Waals surface area contributed by atoms with E-state index in [9.17, 15) is 0 Å². The Labute approximate surface area is 104 Å². The van der Waals surface area contributed by atoms with Crippen LogP contribution in [0.5, 0.6) is 5.75 Å². The van der Waals surface area contributed by atoms with Gasteiger partial charge in [-0.3, -0.25) is 4.98 Å². The number of pyridine rings is 1. The highest BCUT2D eigenvalue weighted by Crippen LogP contribution is 2.28. The molecule has 0 spiro atoms. The zero-order chi connectivity index (χ0) is 12.1. The Balaban J connectivity index is 1.98. The van der Waals surface area contributed by atoms with E-state index < -0.39 is 0 Å². The van der Waals surface area contributed by atoms with E-state index in [1.54, 1.807) is 6.20 Å². The number of nitrogens with zero attached hydrogens (tertiary/aromatic N) is 1. The lowest BCUT2D eigenvalue weighted by Gasteiger charge is -2.27. The standard InChI is InChI=1S/C14H22N2O/c1-11-3-5-13(6-4-11)17-14-7-8-16-10-12(14)9-15-2/h7-8,10-11,13,15H,3-6,9H2,1-2H3. The molecule has 3 nitrogen and oxygen atoms in total. The monoisotopic (exact) mass is 234 g/mol. The molecule has 94 valence electrons. The van der Waals surface area contributed by atoms with Crippen molar-refractivity contribution in [2.24, 2.45) is 5.92 Å². The highest BCUT2D eigenvalue weighted by Gasteiger charge is 2.20. The Morgan fingerprint density at radius 3 is 2.82 bits per heavy atom. The first kappa shape index (κ1) is 12.4. The highest BCUT2D eigenvalue weighted by atomic mass is 16.5. The smallest absolute Gasteiger partial charge is 0.127 e. The first-order valence-electron chi connectivity index (χ1n) is 6.53. The van der Waals surface area contributed by atoms with E-state index in [1.165, 1.54) is 25.7 Å². The quantitative estimate of drug-likeness (QED) is 0.870. The predicted octanol–water partition coefficient (Wildman–Crippen LogP) is 2.76. The van der Waals surface area contributed by atoms with Crippen molar-refractivity contribution in [3.05, 3.63) is 24.0 Å². The number of hydrogen-bond donors (Lipinski definition) is 1. The van der Waals surface area contributed by atoms with E-state index in [0.29, 0.717) is 6.10 Å². The summed E-state index contributed by atoms with van der Waals surface area (Å²) in [4.78, 5) is 4.15. The third-order valence-electron chi connectivity index (χ3n) is 3.48. The lowest BCUT2D eigenvalue weighted by molar-refractivity contribution is 0.134. The van der Waals surface area contributed by atoms with Crippen LogP contribution in [0, 0.1) is 5.92 Å². The Bertz CT molecular complexity index is 346. The molecule has 0 aromatic carbocycles. The van der Waals surface area contributed by atoms with Crippen LogP contribution in [0.25, 0.3) is 0 Å². The summed E-state index contributed by atoms with van der Waals surface area (Å²) >= 11 is 0. The molecule has 1 fully saturated rings. The van der Waals surface area contributed by atoms with Crippen LogP contribution in [-0.4, -0.2) is 18.1 Å². The van der Waals surface area contributed by atoms with Crippen molar-refractivity contribution in [3.63, 3.8) is 0 Å². The molecule has 1 aliphatic carbocycles. The van der Waals surface area contributed by atoms with Crippen molar-refractivity contribution < 1.29 is 4.74 Å². The molecule has 0 saturated heterocycles. The first-order valence-corrected chi connectivity index (χ1v) is 6.53. The third kappa shape index (κ3) is 3.43. The van der Waals surface area contributed by atoms with Gasteiger partial charge in [0, 0.05) is 24.5 Å². The van der Waals surface area contributed by atoms with Gasteiger partial charge in [0.1, 0.15) is 5.75 Å². The predicted molar refractivity (Wildman–Crippen MR) is 69.0 cm³/mol. The van der Waals surface area contributed by atoms with Crippen LogP contribution in [0.4, 0.5) is 0 Å². The maximum Gasteiger partial charge on any atom is 0.127 e. The fourth-order valence-electron chi connectivity index (χ4n) is 2.38. The second kappa shape index (κ2) is 6.01. The molecule has 0 radical (unpaired) electrons. The van der Waals surface area contributed by atoms with Gasteiger partial charge in [-0.2, -0.15) is 0 Å². The topological polar surface area (TPSA) is 34.2 Å². The second-order valence-electron chi connectivity index (χ2n) is 5.01. The Kier molecular flexibility index (Phi) is 4.37. The lowest BCUT2D eigenvalue weighted by atomic mass is 9.89. The molecular weight excluding hydrogens is 212 g/mol. The number of aromatic nitrogens is 1. The Morgan fingerprint density at radius 2 is 2.12 bits per heavy atom. The number of ether oxygens (including phenoxy) is 1. The van der Waals surface area contributed by atoms with Crippen LogP contribution in [0.15, 0.2) is 18.5 Å². The maximum atomic E-state index is 6.11. The molecule has 0 bridgehead atoms. The van der Waals surface area contributed by atoms with Gasteiger partial charge in [0.05, 0.1) is 6.10 Å². The van der Waals surface area contributed by atoms with Gasteiger partial charge in [-0.05, 0) is 44.7 Å². The molecule has 0 aliphatic heterocycles. The minimum atomic E-state index is 0.393. The number of rotatable bonds is 4. The molecule has 1 aliphatic rings. The average molecular weight is 234 g/mol. The van der Waals surface area contributed by atoms with E-state index in [1.807, 2.05) is 19.3 Å². The summed E-state index contributed by atoms with van der Waals surface area (Å²) in [5.74, 6) is 1.86. The van der Waals surface area contributed by atoms with Crippen molar-refractivity contribution in [2.45, 2.75) is 45.3 Å². The largest absolute Gasteiger partial charge is 0.490 e. The molecule has 1 saturated carbocycles. The Morgan fingerprint density at radius 1 is 1.35 bits per heavy atom. The average Bonchev–Trinajstić information content (AvgIpc) is 2.35. The minimum absolute atomic E-state index is 0.393. The van der Waals surface area contributed by atoms with E-state index in [4.69, 9.17) is 4.74 Å². The molecule has 0 unspecified atom stereocenters. The highest BCUT2D eigenvalue weighted by molar-refractivity contribution is 5.30. The second-order valence-corrected chi connectivity index (χ2v) is 5.01. The van der Waals surface area contributed by atoms with Gasteiger partial charge in [-0.25, -0.2) is 0 Å². The molecule has 2 rings (SSSR count). The molecule has 1 N–H and O–H groups in total. The minimum Gasteiger partial charge on any atom is -0.490 e. The molecule has 0 atom stereocenters. The summed E-state index contributed by atoms with van der Waals surface area (Å²) < 4.78 is 6.11. The van der Waals surface area contributed by atoms with Gasteiger partial charge in [0.2, 0.25) is 0 Å². The SMILES string of the molecule is CNCc1cnccc1OC1CCC(C)CC1. The molecule has 1 heterocycles. The van der Waals surface area contributed by atoms with Crippen LogP contribution < -0.4 is 10.1 Å². The van der Waals surface area contributed by atoms with Gasteiger partial charge >= 0.3 is 0 Å². The fraction of sp³-hybridized carbons (Fsp3) is 0.643. The Hall–Kier alpha value is -1.09. The zero-order valence-corrected chi connectivity index (χ0v) is 10.8. The lowest BCUT2D eigenvalue weighted by Crippen LogP contribution is -2.23. The normalized spacial score (nSPS) is 24.6. The summed E-state index contributed by atoms with van der Waals surface area (Å²) in [5, 5.41) is 3.15. The van der Waals surface area contributed by atoms with Gasteiger partial charge < -0.3 is 10.1 Å². The van der Waals surface area contributed by atoms with Crippen LogP contribution in [0.1, 0.15) is 38.2 Å². The fourth-order valence-corrected chi connectivity index (χ4v) is 2.38. The van der Waals surface area contributed by atoms with Crippen molar-refractivity contribution in [1.29, 1.82) is 0 Å². The van der Waals surface area contributed by atoms with E-state index >= 15 is 0 Å². The van der Waals surface area contributed by atoms with Crippen molar-refractivity contribution in [3.8, 4) is 5.75 Å². The van der Waals surface area contributed by atoms with Crippen LogP contribution >= 0.6 is 0 Å². The molecule has 0 amide bonds. The third-order valence-corrected chi connectivity index (χ3v) is 3.48. The van der Waals surface area contributed by atoms with E-state index in [0.717, 1.165) is 23.8 Å². The molecule has 1 aromatic rings. The molecular formula is C14H22N2O. The van der Waals surface area contributed by atoms with E-state index in [2.05, 4.69) is 17.2 Å². The van der Waals surface area contributed by atoms with Gasteiger partial charge in [-0.1, -0.05) is 6.92 Å².